The Balaban J connectivity index is 2.91. The first-order valence-corrected chi connectivity index (χ1v) is 3.45. The summed E-state index contributed by atoms with van der Waals surface area (Å²) >= 11 is 0. The molecule has 74 valence electrons. The van der Waals surface area contributed by atoms with Crippen molar-refractivity contribution in [1.29, 1.82) is 5.26 Å². The summed E-state index contributed by atoms with van der Waals surface area (Å²) in [4.78, 5) is 6.87. The molecular formula is C7H4F3N3O. The molecule has 1 rings (SSSR count). The summed E-state index contributed by atoms with van der Waals surface area (Å²) in [5.74, 6) is -0.679. The Labute approximate surface area is 77.0 Å². The second-order valence-electron chi connectivity index (χ2n) is 2.19. The van der Waals surface area contributed by atoms with E-state index in [4.69, 9.17) is 5.26 Å². The number of alkyl halides is 3. The molecule has 0 atom stereocenters. The van der Waals surface area contributed by atoms with Crippen molar-refractivity contribution in [2.24, 2.45) is 0 Å². The predicted molar refractivity (Wildman–Crippen MR) is 38.0 cm³/mol. The first-order chi connectivity index (χ1) is 6.53. The number of nitriles is 1. The normalized spacial score (nSPS) is 10.7. The SMILES string of the molecule is N#CCc1nccnc1OC(F)(F)F. The van der Waals surface area contributed by atoms with Gasteiger partial charge in [-0.3, -0.25) is 4.98 Å². The molecule has 0 unspecified atom stereocenters. The van der Waals surface area contributed by atoms with E-state index in [2.05, 4.69) is 14.7 Å². The van der Waals surface area contributed by atoms with Crippen LogP contribution in [0.1, 0.15) is 5.69 Å². The number of hydrogen-bond donors (Lipinski definition) is 0. The van der Waals surface area contributed by atoms with E-state index in [0.717, 1.165) is 6.20 Å². The van der Waals surface area contributed by atoms with Gasteiger partial charge in [0.15, 0.2) is 0 Å². The van der Waals surface area contributed by atoms with Crippen LogP contribution in [0.3, 0.4) is 0 Å². The van der Waals surface area contributed by atoms with Crippen molar-refractivity contribution in [1.82, 2.24) is 9.97 Å². The first-order valence-electron chi connectivity index (χ1n) is 3.45. The second-order valence-corrected chi connectivity index (χ2v) is 2.19. The van der Waals surface area contributed by atoms with Crippen molar-refractivity contribution in [2.75, 3.05) is 0 Å². The zero-order valence-corrected chi connectivity index (χ0v) is 6.75. The lowest BCUT2D eigenvalue weighted by molar-refractivity contribution is -0.276. The largest absolute Gasteiger partial charge is 0.574 e. The molecule has 0 saturated carbocycles. The maximum Gasteiger partial charge on any atom is 0.574 e. The van der Waals surface area contributed by atoms with Crippen LogP contribution in [0.4, 0.5) is 13.2 Å². The van der Waals surface area contributed by atoms with Crippen LogP contribution in [0.15, 0.2) is 12.4 Å². The van der Waals surface area contributed by atoms with E-state index in [1.54, 1.807) is 6.07 Å². The molecule has 14 heavy (non-hydrogen) atoms. The Bertz CT molecular complexity index is 358. The molecule has 1 heterocycles. The number of hydrogen-bond acceptors (Lipinski definition) is 4. The van der Waals surface area contributed by atoms with Gasteiger partial charge in [-0.15, -0.1) is 13.2 Å². The van der Waals surface area contributed by atoms with Gasteiger partial charge in [-0.25, -0.2) is 4.98 Å². The Morgan fingerprint density at radius 2 is 2.00 bits per heavy atom. The molecule has 0 N–H and O–H groups in total. The zero-order valence-electron chi connectivity index (χ0n) is 6.75. The van der Waals surface area contributed by atoms with Gasteiger partial charge in [-0.1, -0.05) is 0 Å². The van der Waals surface area contributed by atoms with E-state index in [1.165, 1.54) is 6.20 Å². The molecular weight excluding hydrogens is 199 g/mol. The van der Waals surface area contributed by atoms with Crippen LogP contribution < -0.4 is 4.74 Å². The van der Waals surface area contributed by atoms with E-state index >= 15 is 0 Å². The molecule has 1 aromatic rings. The first kappa shape index (κ1) is 10.2. The van der Waals surface area contributed by atoms with Gasteiger partial charge in [0.1, 0.15) is 5.69 Å². The molecule has 4 nitrogen and oxygen atoms in total. The second kappa shape index (κ2) is 3.91. The zero-order chi connectivity index (χ0) is 10.6. The number of ether oxygens (including phenoxy) is 1. The molecule has 0 spiro atoms. The fourth-order valence-electron chi connectivity index (χ4n) is 0.745. The molecule has 0 amide bonds. The molecule has 0 aliphatic heterocycles. The lowest BCUT2D eigenvalue weighted by atomic mass is 10.3. The van der Waals surface area contributed by atoms with E-state index in [0.29, 0.717) is 0 Å². The Hall–Kier alpha value is -1.84. The number of nitrogens with zero attached hydrogens (tertiary/aromatic N) is 3. The molecule has 0 fully saturated rings. The monoisotopic (exact) mass is 203 g/mol. The van der Waals surface area contributed by atoms with Gasteiger partial charge in [0.25, 0.3) is 0 Å². The van der Waals surface area contributed by atoms with E-state index in [-0.39, 0.29) is 12.1 Å². The summed E-state index contributed by atoms with van der Waals surface area (Å²) in [6, 6.07) is 1.66. The van der Waals surface area contributed by atoms with Crippen molar-refractivity contribution < 1.29 is 17.9 Å². The average Bonchev–Trinajstić information content (AvgIpc) is 2.06. The van der Waals surface area contributed by atoms with Crippen LogP contribution in [0.25, 0.3) is 0 Å². The van der Waals surface area contributed by atoms with Gasteiger partial charge in [0, 0.05) is 12.4 Å². The molecule has 0 bridgehead atoms. The molecule has 0 saturated heterocycles. The topological polar surface area (TPSA) is 58.8 Å². The minimum absolute atomic E-state index is 0.132. The number of halogens is 3. The molecule has 0 aliphatic carbocycles. The minimum Gasteiger partial charge on any atom is -0.386 e. The van der Waals surface area contributed by atoms with Crippen molar-refractivity contribution >= 4 is 0 Å². The minimum atomic E-state index is -4.82. The van der Waals surface area contributed by atoms with Gasteiger partial charge >= 0.3 is 6.36 Å². The van der Waals surface area contributed by atoms with Crippen molar-refractivity contribution in [3.63, 3.8) is 0 Å². The maximum atomic E-state index is 11.8. The third kappa shape index (κ3) is 2.90. The van der Waals surface area contributed by atoms with Crippen LogP contribution in [-0.2, 0) is 6.42 Å². The highest BCUT2D eigenvalue weighted by molar-refractivity contribution is 5.20. The lowest BCUT2D eigenvalue weighted by Gasteiger charge is -2.08. The molecule has 1 aromatic heterocycles. The molecule has 7 heteroatoms. The van der Waals surface area contributed by atoms with E-state index < -0.39 is 12.2 Å². The van der Waals surface area contributed by atoms with Gasteiger partial charge in [0.05, 0.1) is 12.5 Å². The number of aromatic nitrogens is 2. The highest BCUT2D eigenvalue weighted by Gasteiger charge is 2.33. The standard InChI is InChI=1S/C7H4F3N3O/c8-7(9,10)14-6-5(1-2-11)12-3-4-13-6/h3-4H,1H2. The highest BCUT2D eigenvalue weighted by Crippen LogP contribution is 2.22. The molecule has 0 aromatic carbocycles. The third-order valence-corrected chi connectivity index (χ3v) is 1.19. The van der Waals surface area contributed by atoms with Crippen LogP contribution in [0.2, 0.25) is 0 Å². The summed E-state index contributed by atoms with van der Waals surface area (Å²) in [5.41, 5.74) is -0.132. The molecule has 0 radical (unpaired) electrons. The van der Waals surface area contributed by atoms with Crippen LogP contribution in [0, 0.1) is 11.3 Å². The summed E-state index contributed by atoms with van der Waals surface area (Å²) in [6.07, 6.45) is -2.85. The quantitative estimate of drug-likeness (QED) is 0.729. The molecule has 0 aliphatic rings. The smallest absolute Gasteiger partial charge is 0.386 e. The summed E-state index contributed by atoms with van der Waals surface area (Å²) < 4.78 is 38.9. The predicted octanol–water partition coefficient (Wildman–Crippen LogP) is 1.44. The van der Waals surface area contributed by atoms with Crippen molar-refractivity contribution in [3.05, 3.63) is 18.1 Å². The Morgan fingerprint density at radius 3 is 2.57 bits per heavy atom. The summed E-state index contributed by atoms with van der Waals surface area (Å²) in [6.45, 7) is 0. The van der Waals surface area contributed by atoms with Gasteiger partial charge in [0.2, 0.25) is 5.88 Å². The van der Waals surface area contributed by atoms with Crippen molar-refractivity contribution in [2.45, 2.75) is 12.8 Å². The van der Waals surface area contributed by atoms with Crippen LogP contribution in [0.5, 0.6) is 5.88 Å². The summed E-state index contributed by atoms with van der Waals surface area (Å²) in [7, 11) is 0. The van der Waals surface area contributed by atoms with E-state index in [1.807, 2.05) is 0 Å². The highest BCUT2D eigenvalue weighted by atomic mass is 19.4. The van der Waals surface area contributed by atoms with Gasteiger partial charge in [-0.2, -0.15) is 5.26 Å². The fourth-order valence-corrected chi connectivity index (χ4v) is 0.745. The Kier molecular flexibility index (Phi) is 2.86. The Morgan fingerprint density at radius 1 is 1.36 bits per heavy atom. The van der Waals surface area contributed by atoms with Gasteiger partial charge < -0.3 is 4.74 Å². The van der Waals surface area contributed by atoms with E-state index in [9.17, 15) is 13.2 Å². The third-order valence-electron chi connectivity index (χ3n) is 1.19. The van der Waals surface area contributed by atoms with Crippen LogP contribution in [-0.4, -0.2) is 16.3 Å². The number of rotatable bonds is 2. The lowest BCUT2D eigenvalue weighted by Crippen LogP contribution is -2.19. The average molecular weight is 203 g/mol. The van der Waals surface area contributed by atoms with Crippen molar-refractivity contribution in [3.8, 4) is 11.9 Å². The maximum absolute atomic E-state index is 11.8. The fraction of sp³-hybridized carbons (Fsp3) is 0.286. The summed E-state index contributed by atoms with van der Waals surface area (Å²) in [5, 5.41) is 8.29. The van der Waals surface area contributed by atoms with Crippen LogP contribution >= 0.6 is 0 Å². The van der Waals surface area contributed by atoms with Gasteiger partial charge in [-0.05, 0) is 0 Å².